The van der Waals surface area contributed by atoms with Crippen molar-refractivity contribution >= 4 is 5.91 Å². The Hall–Kier alpha value is -1.59. The Kier molecular flexibility index (Phi) is 4.95. The third-order valence-electron chi connectivity index (χ3n) is 4.60. The highest BCUT2D eigenvalue weighted by Gasteiger charge is 2.32. The number of hydrogen-bond acceptors (Lipinski definition) is 4. The van der Waals surface area contributed by atoms with Crippen LogP contribution in [-0.2, 0) is 16.0 Å². The van der Waals surface area contributed by atoms with Gasteiger partial charge < -0.3 is 15.2 Å². The molecule has 5 heteroatoms. The van der Waals surface area contributed by atoms with Crippen LogP contribution >= 0.6 is 0 Å². The van der Waals surface area contributed by atoms with Gasteiger partial charge in [-0.25, -0.2) is 0 Å². The van der Waals surface area contributed by atoms with E-state index in [0.717, 1.165) is 25.3 Å². The highest BCUT2D eigenvalue weighted by atomic mass is 16.5. The molecule has 0 aliphatic carbocycles. The van der Waals surface area contributed by atoms with E-state index >= 15 is 0 Å². The summed E-state index contributed by atoms with van der Waals surface area (Å²) in [6.07, 6.45) is 3.53. The van der Waals surface area contributed by atoms with Gasteiger partial charge in [-0.2, -0.15) is 0 Å². The van der Waals surface area contributed by atoms with Gasteiger partial charge in [-0.3, -0.25) is 9.69 Å². The van der Waals surface area contributed by atoms with Crippen molar-refractivity contribution in [1.29, 1.82) is 0 Å². The van der Waals surface area contributed by atoms with Gasteiger partial charge >= 0.3 is 0 Å². The number of benzene rings is 1. The smallest absolute Gasteiger partial charge is 0.220 e. The maximum absolute atomic E-state index is 11.9. The molecule has 0 bridgehead atoms. The van der Waals surface area contributed by atoms with E-state index in [-0.39, 0.29) is 17.8 Å². The fraction of sp³-hybridized carbons (Fsp3) is 0.588. The monoisotopic (exact) mass is 304 g/mol. The van der Waals surface area contributed by atoms with Gasteiger partial charge in [0, 0.05) is 25.6 Å². The second kappa shape index (κ2) is 7.11. The number of morpholine rings is 1. The standard InChI is InChI=1S/C17H24N2O3/c20-16-6-2-1-4-13(16)7-8-17(21)18-10-15-11-19-9-3-5-14(19)12-22-15/h1-2,4,6,14-15,20H,3,5,7-12H2,(H,18,21)/t14-,15-/m0/s1. The van der Waals surface area contributed by atoms with E-state index in [1.807, 2.05) is 12.1 Å². The quantitative estimate of drug-likeness (QED) is 0.861. The second-order valence-electron chi connectivity index (χ2n) is 6.18. The number of amides is 1. The topological polar surface area (TPSA) is 61.8 Å². The molecule has 2 fully saturated rings. The van der Waals surface area contributed by atoms with Crippen molar-refractivity contribution in [3.8, 4) is 5.75 Å². The fourth-order valence-corrected chi connectivity index (χ4v) is 3.30. The molecular formula is C17H24N2O3. The molecule has 0 unspecified atom stereocenters. The van der Waals surface area contributed by atoms with Crippen LogP contribution in [0.15, 0.2) is 24.3 Å². The fourth-order valence-electron chi connectivity index (χ4n) is 3.30. The predicted octanol–water partition coefficient (Wildman–Crippen LogP) is 1.30. The molecule has 2 aliphatic rings. The number of aryl methyl sites for hydroxylation is 1. The normalized spacial score (nSPS) is 24.9. The van der Waals surface area contributed by atoms with Crippen LogP contribution in [0.4, 0.5) is 0 Å². The number of para-hydroxylation sites is 1. The van der Waals surface area contributed by atoms with E-state index in [1.54, 1.807) is 12.1 Å². The van der Waals surface area contributed by atoms with Crippen molar-refractivity contribution in [2.24, 2.45) is 0 Å². The molecule has 1 amide bonds. The molecular weight excluding hydrogens is 280 g/mol. The molecule has 2 N–H and O–H groups in total. The molecule has 5 nitrogen and oxygen atoms in total. The van der Waals surface area contributed by atoms with Crippen molar-refractivity contribution in [3.63, 3.8) is 0 Å². The van der Waals surface area contributed by atoms with Crippen LogP contribution in [0, 0.1) is 0 Å². The van der Waals surface area contributed by atoms with Gasteiger partial charge in [-0.05, 0) is 37.4 Å². The van der Waals surface area contributed by atoms with Crippen molar-refractivity contribution in [3.05, 3.63) is 29.8 Å². The van der Waals surface area contributed by atoms with Crippen LogP contribution in [-0.4, -0.2) is 54.3 Å². The highest BCUT2D eigenvalue weighted by Crippen LogP contribution is 2.22. The van der Waals surface area contributed by atoms with Crippen molar-refractivity contribution < 1.29 is 14.6 Å². The lowest BCUT2D eigenvalue weighted by atomic mass is 10.1. The summed E-state index contributed by atoms with van der Waals surface area (Å²) in [7, 11) is 0. The van der Waals surface area contributed by atoms with E-state index < -0.39 is 0 Å². The zero-order valence-corrected chi connectivity index (χ0v) is 12.8. The minimum absolute atomic E-state index is 0.00963. The number of fused-ring (bicyclic) bond motifs is 1. The highest BCUT2D eigenvalue weighted by molar-refractivity contribution is 5.76. The SMILES string of the molecule is O=C(CCc1ccccc1O)NC[C@H]1CN2CCC[C@H]2CO1. The third kappa shape index (κ3) is 3.78. The molecule has 0 spiro atoms. The minimum Gasteiger partial charge on any atom is -0.508 e. The number of aromatic hydroxyl groups is 1. The largest absolute Gasteiger partial charge is 0.508 e. The summed E-state index contributed by atoms with van der Waals surface area (Å²) in [6, 6.07) is 7.74. The first kappa shape index (κ1) is 15.3. The average Bonchev–Trinajstić information content (AvgIpc) is 2.99. The number of rotatable bonds is 5. The summed E-state index contributed by atoms with van der Waals surface area (Å²) in [5.74, 6) is 0.265. The Morgan fingerprint density at radius 3 is 3.14 bits per heavy atom. The summed E-state index contributed by atoms with van der Waals surface area (Å²) in [6.45, 7) is 3.44. The first-order valence-corrected chi connectivity index (χ1v) is 8.11. The Labute approximate surface area is 131 Å². The molecule has 0 saturated carbocycles. The first-order valence-electron chi connectivity index (χ1n) is 8.11. The van der Waals surface area contributed by atoms with Gasteiger partial charge in [-0.15, -0.1) is 0 Å². The first-order chi connectivity index (χ1) is 10.7. The van der Waals surface area contributed by atoms with E-state index in [0.29, 0.717) is 25.4 Å². The third-order valence-corrected chi connectivity index (χ3v) is 4.60. The number of phenols is 1. The predicted molar refractivity (Wildman–Crippen MR) is 83.8 cm³/mol. The Bertz CT molecular complexity index is 520. The number of ether oxygens (including phenoxy) is 1. The van der Waals surface area contributed by atoms with Crippen LogP contribution in [0.25, 0.3) is 0 Å². The zero-order chi connectivity index (χ0) is 15.4. The van der Waals surface area contributed by atoms with Gasteiger partial charge in [0.05, 0.1) is 12.7 Å². The lowest BCUT2D eigenvalue weighted by Crippen LogP contribution is -2.50. The van der Waals surface area contributed by atoms with Crippen molar-refractivity contribution in [2.75, 3.05) is 26.2 Å². The molecule has 0 aromatic heterocycles. The number of carbonyl (C=O) groups excluding carboxylic acids is 1. The maximum atomic E-state index is 11.9. The lowest BCUT2D eigenvalue weighted by molar-refractivity contribution is -0.122. The van der Waals surface area contributed by atoms with Gasteiger partial charge in [0.25, 0.3) is 0 Å². The Balaban J connectivity index is 1.38. The number of phenolic OH excluding ortho intramolecular Hbond substituents is 1. The van der Waals surface area contributed by atoms with Gasteiger partial charge in [0.1, 0.15) is 5.75 Å². The van der Waals surface area contributed by atoms with Gasteiger partial charge in [0.15, 0.2) is 0 Å². The van der Waals surface area contributed by atoms with Crippen LogP contribution in [0.5, 0.6) is 5.75 Å². The summed E-state index contributed by atoms with van der Waals surface area (Å²) in [4.78, 5) is 14.4. The van der Waals surface area contributed by atoms with Crippen LogP contribution in [0.2, 0.25) is 0 Å². The molecule has 22 heavy (non-hydrogen) atoms. The maximum Gasteiger partial charge on any atom is 0.220 e. The van der Waals surface area contributed by atoms with Crippen LogP contribution < -0.4 is 5.32 Å². The van der Waals surface area contributed by atoms with E-state index in [4.69, 9.17) is 4.74 Å². The van der Waals surface area contributed by atoms with Crippen LogP contribution in [0.1, 0.15) is 24.8 Å². The Morgan fingerprint density at radius 1 is 1.41 bits per heavy atom. The van der Waals surface area contributed by atoms with E-state index in [2.05, 4.69) is 10.2 Å². The molecule has 120 valence electrons. The average molecular weight is 304 g/mol. The minimum atomic E-state index is 0.00963. The van der Waals surface area contributed by atoms with Gasteiger partial charge in [-0.1, -0.05) is 18.2 Å². The lowest BCUT2D eigenvalue weighted by Gasteiger charge is -2.35. The summed E-state index contributed by atoms with van der Waals surface area (Å²) in [5, 5.41) is 12.6. The van der Waals surface area contributed by atoms with Crippen molar-refractivity contribution in [1.82, 2.24) is 10.2 Å². The zero-order valence-electron chi connectivity index (χ0n) is 12.8. The summed E-state index contributed by atoms with van der Waals surface area (Å²) < 4.78 is 5.83. The molecule has 2 atom stereocenters. The summed E-state index contributed by atoms with van der Waals surface area (Å²) in [5.41, 5.74) is 0.812. The number of hydrogen-bond donors (Lipinski definition) is 2. The van der Waals surface area contributed by atoms with E-state index in [1.165, 1.54) is 12.8 Å². The molecule has 2 aliphatic heterocycles. The van der Waals surface area contributed by atoms with Crippen molar-refractivity contribution in [2.45, 2.75) is 37.8 Å². The molecule has 2 heterocycles. The number of carbonyl (C=O) groups is 1. The molecule has 1 aromatic carbocycles. The molecule has 2 saturated heterocycles. The van der Waals surface area contributed by atoms with Crippen LogP contribution in [0.3, 0.4) is 0 Å². The molecule has 3 rings (SSSR count). The van der Waals surface area contributed by atoms with E-state index in [9.17, 15) is 9.90 Å². The number of nitrogens with zero attached hydrogens (tertiary/aromatic N) is 1. The second-order valence-corrected chi connectivity index (χ2v) is 6.18. The summed E-state index contributed by atoms with van der Waals surface area (Å²) >= 11 is 0. The molecule has 0 radical (unpaired) electrons. The molecule has 1 aromatic rings. The Morgan fingerprint density at radius 2 is 2.27 bits per heavy atom. The van der Waals surface area contributed by atoms with Gasteiger partial charge in [0.2, 0.25) is 5.91 Å². The number of nitrogens with one attached hydrogen (secondary N) is 1.